The molecule has 0 aliphatic carbocycles. The number of fused-ring (bicyclic) bond motifs is 2. The van der Waals surface area contributed by atoms with Gasteiger partial charge >= 0.3 is 0 Å². The minimum absolute atomic E-state index is 0.0615. The zero-order chi connectivity index (χ0) is 24.4. The summed E-state index contributed by atoms with van der Waals surface area (Å²) in [5, 5.41) is 5.42. The topological polar surface area (TPSA) is 98.3 Å². The molecule has 5 rings (SSSR count). The fourth-order valence-corrected chi connectivity index (χ4v) is 4.67. The Morgan fingerprint density at radius 1 is 1.09 bits per heavy atom. The molecule has 0 atom stereocenters. The highest BCUT2D eigenvalue weighted by Gasteiger charge is 2.16. The van der Waals surface area contributed by atoms with Crippen molar-refractivity contribution in [2.75, 3.05) is 19.8 Å². The molecule has 0 unspecified atom stereocenters. The number of hydrogen-bond acceptors (Lipinski definition) is 5. The third kappa shape index (κ3) is 4.48. The molecule has 1 aromatic carbocycles. The standard InChI is InChI=1S/C28H29N5O2/c1-18-5-3-6-19(2)27(18)21-13-22-23(16-31-28(22)30-15-21)20-8-10-33-25(14-20)24(17-32-33)26(34)7-4-11-35-12-9-29/h3,5-6,8,10,13-17H,4,7,9,11-12,29H2,1-2H3,(H,30,31). The van der Waals surface area contributed by atoms with Crippen LogP contribution in [0, 0.1) is 13.8 Å². The molecule has 3 N–H and O–H groups in total. The number of carbonyl (C=O) groups is 1. The second-order valence-corrected chi connectivity index (χ2v) is 8.82. The van der Waals surface area contributed by atoms with Crippen LogP contribution in [0.3, 0.4) is 0 Å². The monoisotopic (exact) mass is 467 g/mol. The maximum absolute atomic E-state index is 12.9. The van der Waals surface area contributed by atoms with Gasteiger partial charge in [-0.1, -0.05) is 18.2 Å². The molecule has 4 heterocycles. The molecule has 0 fully saturated rings. The highest BCUT2D eigenvalue weighted by atomic mass is 16.5. The largest absolute Gasteiger partial charge is 0.380 e. The maximum Gasteiger partial charge on any atom is 0.166 e. The summed E-state index contributed by atoms with van der Waals surface area (Å²) in [4.78, 5) is 20.9. The third-order valence-electron chi connectivity index (χ3n) is 6.39. The van der Waals surface area contributed by atoms with Crippen LogP contribution in [0.25, 0.3) is 38.8 Å². The Hall–Kier alpha value is -3.81. The number of hydrogen-bond donors (Lipinski definition) is 2. The number of rotatable bonds is 9. The average molecular weight is 468 g/mol. The summed E-state index contributed by atoms with van der Waals surface area (Å²) < 4.78 is 7.14. The van der Waals surface area contributed by atoms with Crippen molar-refractivity contribution in [2.45, 2.75) is 26.7 Å². The van der Waals surface area contributed by atoms with Gasteiger partial charge in [-0.2, -0.15) is 5.10 Å². The third-order valence-corrected chi connectivity index (χ3v) is 6.39. The first kappa shape index (κ1) is 23.0. The molecule has 0 aliphatic heterocycles. The van der Waals surface area contributed by atoms with Crippen molar-refractivity contribution in [3.05, 3.63) is 77.9 Å². The number of aromatic amines is 1. The van der Waals surface area contributed by atoms with E-state index in [2.05, 4.69) is 48.2 Å². The molecule has 0 amide bonds. The summed E-state index contributed by atoms with van der Waals surface area (Å²) in [6, 6.07) is 12.6. The zero-order valence-electron chi connectivity index (χ0n) is 20.0. The van der Waals surface area contributed by atoms with Crippen LogP contribution in [-0.2, 0) is 4.74 Å². The number of aryl methyl sites for hydroxylation is 2. The van der Waals surface area contributed by atoms with Crippen LogP contribution in [0.2, 0.25) is 0 Å². The Morgan fingerprint density at radius 3 is 2.71 bits per heavy atom. The van der Waals surface area contributed by atoms with E-state index in [1.807, 2.05) is 30.7 Å². The van der Waals surface area contributed by atoms with E-state index in [1.165, 1.54) is 16.7 Å². The number of nitrogens with two attached hydrogens (primary N) is 1. The lowest BCUT2D eigenvalue weighted by molar-refractivity contribution is 0.0945. The molecule has 4 aromatic heterocycles. The van der Waals surface area contributed by atoms with E-state index in [1.54, 1.807) is 10.7 Å². The quantitative estimate of drug-likeness (QED) is 0.232. The van der Waals surface area contributed by atoms with Gasteiger partial charge in [0.05, 0.1) is 23.9 Å². The van der Waals surface area contributed by atoms with Crippen LogP contribution in [-0.4, -0.2) is 45.1 Å². The van der Waals surface area contributed by atoms with Crippen molar-refractivity contribution in [1.29, 1.82) is 0 Å². The molecule has 0 spiro atoms. The maximum atomic E-state index is 12.9. The SMILES string of the molecule is Cc1cccc(C)c1-c1cnc2[nH]cc(-c3ccn4ncc(C(=O)CCCOCCN)c4c3)c2c1. The molecule has 0 saturated heterocycles. The Bertz CT molecular complexity index is 1490. The van der Waals surface area contributed by atoms with Gasteiger partial charge in [0.1, 0.15) is 5.65 Å². The number of nitrogens with one attached hydrogen (secondary N) is 1. The molecule has 178 valence electrons. The van der Waals surface area contributed by atoms with Gasteiger partial charge < -0.3 is 15.5 Å². The van der Waals surface area contributed by atoms with Crippen molar-refractivity contribution < 1.29 is 9.53 Å². The molecular weight excluding hydrogens is 438 g/mol. The van der Waals surface area contributed by atoms with E-state index in [0.29, 0.717) is 38.2 Å². The zero-order valence-corrected chi connectivity index (χ0v) is 20.0. The number of carbonyl (C=O) groups excluding carboxylic acids is 1. The predicted octanol–water partition coefficient (Wildman–Crippen LogP) is 5.10. The molecule has 0 radical (unpaired) electrons. The van der Waals surface area contributed by atoms with Gasteiger partial charge in [0.25, 0.3) is 0 Å². The van der Waals surface area contributed by atoms with E-state index in [4.69, 9.17) is 15.5 Å². The van der Waals surface area contributed by atoms with Crippen LogP contribution < -0.4 is 5.73 Å². The van der Waals surface area contributed by atoms with Crippen LogP contribution >= 0.6 is 0 Å². The van der Waals surface area contributed by atoms with Crippen molar-refractivity contribution >= 4 is 22.3 Å². The van der Waals surface area contributed by atoms with Crippen molar-refractivity contribution in [1.82, 2.24) is 19.6 Å². The van der Waals surface area contributed by atoms with Gasteiger partial charge in [0.15, 0.2) is 5.78 Å². The van der Waals surface area contributed by atoms with Gasteiger partial charge in [-0.25, -0.2) is 9.50 Å². The summed E-state index contributed by atoms with van der Waals surface area (Å²) >= 11 is 0. The molecule has 35 heavy (non-hydrogen) atoms. The summed E-state index contributed by atoms with van der Waals surface area (Å²) in [7, 11) is 0. The number of Topliss-reactive ketones (excluding diaryl/α,β-unsaturated/α-hetero) is 1. The van der Waals surface area contributed by atoms with Crippen molar-refractivity contribution in [3.63, 3.8) is 0 Å². The van der Waals surface area contributed by atoms with E-state index in [0.717, 1.165) is 33.2 Å². The molecule has 0 aliphatic rings. The average Bonchev–Trinajstić information content (AvgIpc) is 3.47. The van der Waals surface area contributed by atoms with Gasteiger partial charge in [-0.05, 0) is 60.7 Å². The number of pyridine rings is 2. The van der Waals surface area contributed by atoms with Crippen LogP contribution in [0.15, 0.2) is 61.2 Å². The van der Waals surface area contributed by atoms with Crippen LogP contribution in [0.4, 0.5) is 0 Å². The fourth-order valence-electron chi connectivity index (χ4n) is 4.67. The number of benzene rings is 1. The first-order valence-corrected chi connectivity index (χ1v) is 11.9. The van der Waals surface area contributed by atoms with E-state index < -0.39 is 0 Å². The van der Waals surface area contributed by atoms with Gasteiger partial charge in [0, 0.05) is 54.7 Å². The highest BCUT2D eigenvalue weighted by molar-refractivity contribution is 6.03. The molecular formula is C28H29N5O2. The lowest BCUT2D eigenvalue weighted by Crippen LogP contribution is -2.10. The Labute approximate surface area is 203 Å². The molecule has 0 bridgehead atoms. The molecule has 5 aromatic rings. The highest BCUT2D eigenvalue weighted by Crippen LogP contribution is 2.34. The Kier molecular flexibility index (Phi) is 6.44. The van der Waals surface area contributed by atoms with E-state index in [9.17, 15) is 4.79 Å². The number of ether oxygens (including phenoxy) is 1. The second-order valence-electron chi connectivity index (χ2n) is 8.82. The Balaban J connectivity index is 1.49. The lowest BCUT2D eigenvalue weighted by atomic mass is 9.95. The minimum Gasteiger partial charge on any atom is -0.380 e. The number of ketones is 1. The fraction of sp³-hybridized carbons (Fsp3) is 0.250. The number of nitrogens with zero attached hydrogens (tertiary/aromatic N) is 3. The predicted molar refractivity (Wildman–Crippen MR) is 139 cm³/mol. The number of aromatic nitrogens is 4. The van der Waals surface area contributed by atoms with Crippen LogP contribution in [0.5, 0.6) is 0 Å². The van der Waals surface area contributed by atoms with Crippen molar-refractivity contribution in [3.8, 4) is 22.3 Å². The van der Waals surface area contributed by atoms with Gasteiger partial charge in [-0.3, -0.25) is 4.79 Å². The normalized spacial score (nSPS) is 11.5. The van der Waals surface area contributed by atoms with Gasteiger partial charge in [-0.15, -0.1) is 0 Å². The first-order valence-electron chi connectivity index (χ1n) is 11.9. The number of H-pyrrole nitrogens is 1. The first-order chi connectivity index (χ1) is 17.1. The van der Waals surface area contributed by atoms with Crippen molar-refractivity contribution in [2.24, 2.45) is 5.73 Å². The second kappa shape index (κ2) is 9.82. The Morgan fingerprint density at radius 2 is 1.91 bits per heavy atom. The molecule has 7 heteroatoms. The summed E-state index contributed by atoms with van der Waals surface area (Å²) in [6.45, 7) is 5.78. The smallest absolute Gasteiger partial charge is 0.166 e. The summed E-state index contributed by atoms with van der Waals surface area (Å²) in [6.07, 6.45) is 8.51. The molecule has 0 saturated carbocycles. The summed E-state index contributed by atoms with van der Waals surface area (Å²) in [5.41, 5.74) is 14.5. The summed E-state index contributed by atoms with van der Waals surface area (Å²) in [5.74, 6) is 0.0615. The van der Waals surface area contributed by atoms with E-state index in [-0.39, 0.29) is 5.78 Å². The lowest BCUT2D eigenvalue weighted by Gasteiger charge is -2.10. The van der Waals surface area contributed by atoms with Gasteiger partial charge in [0.2, 0.25) is 0 Å². The van der Waals surface area contributed by atoms with Crippen LogP contribution in [0.1, 0.15) is 34.3 Å². The van der Waals surface area contributed by atoms with E-state index >= 15 is 0 Å². The minimum atomic E-state index is 0.0615. The molecule has 7 nitrogen and oxygen atoms in total.